The normalized spacial score (nSPS) is 23.8. The quantitative estimate of drug-likeness (QED) is 0.0151. The van der Waals surface area contributed by atoms with Crippen molar-refractivity contribution in [3.05, 3.63) is 77.2 Å². The van der Waals surface area contributed by atoms with E-state index in [1.54, 1.807) is 24.3 Å². The van der Waals surface area contributed by atoms with Gasteiger partial charge in [0.1, 0.15) is 48.3 Å². The molecule has 1 aromatic carbocycles. The number of imidazole rings is 1. The number of nitrogens with one attached hydrogen (secondary N) is 1. The Balaban J connectivity index is 1.33. The van der Waals surface area contributed by atoms with Crippen molar-refractivity contribution in [2.45, 2.75) is 178 Å². The summed E-state index contributed by atoms with van der Waals surface area (Å²) in [5, 5.41) is 34.1. The molecule has 0 spiro atoms. The summed E-state index contributed by atoms with van der Waals surface area (Å²) in [5.41, 5.74) is -1.42. The summed E-state index contributed by atoms with van der Waals surface area (Å²) in [4.78, 5) is 54.2. The number of phosphoric ester groups is 1. The molecule has 0 aliphatic carbocycles. The molecule has 81 heavy (non-hydrogen) atoms. The fraction of sp³-hybridized carbons (Fsp3) is 0.640. The molecule has 7 rings (SSSR count). The van der Waals surface area contributed by atoms with Gasteiger partial charge in [0.05, 0.1) is 45.0 Å². The molecule has 2 fully saturated rings. The van der Waals surface area contributed by atoms with Crippen molar-refractivity contribution in [3.8, 4) is 6.07 Å². The SMILES string of the molecule is CC(C)[Si](O)(O[Si](O[C@H]1[C@@H](OP(=O)(OCCC#N)OC[C@H]2O[C@@H](n3cnc4c(NC(O)c5ccccc5)ncnc43)[C@H](O[Si](C)(C)C(C)(C)C)[C@@H]2O[PH](=O)O)[C@H](n2cc(F)c3c(=O)n(C)cnc32)O[C@@H]1CO)(C(C)C)C(C)C)C(C)C. The molecular formula is C50H78FN9O16P2Si3. The topological polar surface area (TPSA) is 317 Å². The molecule has 0 radical (unpaired) electrons. The third-order valence-corrected chi connectivity index (χ3v) is 31.6. The minimum atomic E-state index is -5.18. The molecule has 3 unspecified atom stereocenters. The average molecular weight is 1230 g/mol. The third kappa shape index (κ3) is 13.4. The van der Waals surface area contributed by atoms with Gasteiger partial charge in [-0.05, 0) is 40.3 Å². The zero-order valence-corrected chi connectivity index (χ0v) is 53.0. The van der Waals surface area contributed by atoms with Crippen LogP contribution < -0.4 is 10.9 Å². The van der Waals surface area contributed by atoms with Crippen molar-refractivity contribution < 1.29 is 74.0 Å². The van der Waals surface area contributed by atoms with Crippen LogP contribution in [-0.2, 0) is 56.7 Å². The zero-order valence-electron chi connectivity index (χ0n) is 48.1. The number of rotatable bonds is 26. The largest absolute Gasteiger partial charge is 0.475 e. The van der Waals surface area contributed by atoms with Gasteiger partial charge in [0.2, 0.25) is 0 Å². The van der Waals surface area contributed by atoms with E-state index in [4.69, 9.17) is 40.5 Å². The van der Waals surface area contributed by atoms with Gasteiger partial charge in [0, 0.05) is 18.8 Å². The third-order valence-electron chi connectivity index (χ3n) is 15.4. The lowest BCUT2D eigenvalue weighted by Crippen LogP contribution is -2.62. The lowest BCUT2D eigenvalue weighted by Gasteiger charge is -2.47. The van der Waals surface area contributed by atoms with Crippen LogP contribution in [0.3, 0.4) is 0 Å². The van der Waals surface area contributed by atoms with E-state index < -0.39 is 150 Å². The Bertz CT molecular complexity index is 3130. The van der Waals surface area contributed by atoms with E-state index in [1.165, 1.54) is 30.6 Å². The molecule has 6 heterocycles. The van der Waals surface area contributed by atoms with Crippen LogP contribution in [0.1, 0.15) is 107 Å². The molecule has 2 aliphatic rings. The number of aromatic nitrogens is 7. The van der Waals surface area contributed by atoms with E-state index in [0.717, 1.165) is 15.3 Å². The molecule has 4 aromatic heterocycles. The lowest BCUT2D eigenvalue weighted by atomic mass is 10.1. The van der Waals surface area contributed by atoms with E-state index in [2.05, 4.69) is 25.3 Å². The number of benzene rings is 1. The Morgan fingerprint density at radius 1 is 0.877 bits per heavy atom. The predicted octanol–water partition coefficient (Wildman–Crippen LogP) is 8.12. The van der Waals surface area contributed by atoms with Crippen LogP contribution in [0.25, 0.3) is 22.2 Å². The van der Waals surface area contributed by atoms with Gasteiger partial charge < -0.3 is 61.3 Å². The highest BCUT2D eigenvalue weighted by atomic mass is 31.2. The van der Waals surface area contributed by atoms with Gasteiger partial charge in [-0.1, -0.05) is 106 Å². The van der Waals surface area contributed by atoms with E-state index in [9.17, 15) is 34.5 Å². The molecule has 5 aromatic rings. The number of ether oxygens (including phenoxy) is 2. The van der Waals surface area contributed by atoms with E-state index >= 15 is 8.96 Å². The number of phosphoric acid groups is 1. The van der Waals surface area contributed by atoms with Crippen molar-refractivity contribution in [1.82, 2.24) is 33.6 Å². The number of halogens is 1. The minimum Gasteiger partial charge on any atom is -0.414 e. The number of nitriles is 1. The van der Waals surface area contributed by atoms with Crippen molar-refractivity contribution in [1.29, 1.82) is 5.26 Å². The average Bonchev–Trinajstić information content (AvgIpc) is 4.17. The highest BCUT2D eigenvalue weighted by Crippen LogP contribution is 2.57. The highest BCUT2D eigenvalue weighted by molar-refractivity contribution is 7.48. The molecule has 0 amide bonds. The fourth-order valence-electron chi connectivity index (χ4n) is 9.85. The first kappa shape index (κ1) is 64.6. The molecule has 2 aliphatic heterocycles. The number of nitrogens with zero attached hydrogens (tertiary/aromatic N) is 8. The van der Waals surface area contributed by atoms with E-state index in [0.29, 0.717) is 5.56 Å². The van der Waals surface area contributed by atoms with Gasteiger partial charge in [0.25, 0.3) is 5.56 Å². The Kier molecular flexibility index (Phi) is 20.5. The number of hydrogen-bond donors (Lipinski definition) is 5. The van der Waals surface area contributed by atoms with Crippen molar-refractivity contribution in [2.75, 3.05) is 25.1 Å². The molecule has 5 N–H and O–H groups in total. The summed E-state index contributed by atoms with van der Waals surface area (Å²) in [5.74, 6) is -0.821. The van der Waals surface area contributed by atoms with Crippen molar-refractivity contribution in [3.63, 3.8) is 0 Å². The Labute approximate surface area is 474 Å². The second kappa shape index (κ2) is 25.7. The molecule has 2 saturated heterocycles. The number of aryl methyl sites for hydroxylation is 1. The maximum absolute atomic E-state index is 16.1. The molecule has 31 heteroatoms. The summed E-state index contributed by atoms with van der Waals surface area (Å²) in [6.45, 7) is 22.8. The number of aliphatic hydroxyl groups excluding tert-OH is 2. The first-order chi connectivity index (χ1) is 37.9. The summed E-state index contributed by atoms with van der Waals surface area (Å²) in [7, 11) is -18.0. The minimum absolute atomic E-state index is 0.162. The molecule has 0 saturated carbocycles. The molecule has 448 valence electrons. The first-order valence-electron chi connectivity index (χ1n) is 26.9. The highest BCUT2D eigenvalue weighted by Gasteiger charge is 2.61. The second-order valence-corrected chi connectivity index (χ2v) is 38.8. The van der Waals surface area contributed by atoms with Gasteiger partial charge >= 0.3 is 33.2 Å². The molecular weight excluding hydrogens is 1150 g/mol. The molecule has 25 nitrogen and oxygen atoms in total. The fourth-order valence-corrected chi connectivity index (χ4v) is 23.0. The Morgan fingerprint density at radius 3 is 2.11 bits per heavy atom. The summed E-state index contributed by atoms with van der Waals surface area (Å²) in [6.07, 6.45) is -8.21. The number of aliphatic hydroxyl groups is 2. The first-order valence-corrected chi connectivity index (χ1v) is 36.5. The van der Waals surface area contributed by atoms with Crippen LogP contribution in [0.5, 0.6) is 0 Å². The molecule has 0 bridgehead atoms. The van der Waals surface area contributed by atoms with Crippen molar-refractivity contribution >= 4 is 69.5 Å². The Morgan fingerprint density at radius 2 is 1.52 bits per heavy atom. The second-order valence-electron chi connectivity index (χ2n) is 23.1. The Hall–Kier alpha value is -4.00. The summed E-state index contributed by atoms with van der Waals surface area (Å²) >= 11 is 0. The standard InChI is InChI=1S/C50H78FN9O16P2Si3/c1-29(2)80(67,30(3)4)76-81(31(5)6,32(7)8)75-40-35(24-61)70-48(59-23-34(51)37-44(59)56-27-58(12)47(37)63)41(40)73-78(66,68-22-18-21-52)69-25-36-39(72-77(64)65)42(74-79(13,14)50(9,10)11)49(71-36)60-28-55-38-43(53-26-54-45(38)60)57-46(62)33-19-16-15-17-20-33/h15-17,19-20,23,26-32,35-36,39-42,46,48-49,61-62,67,77H,18,22,24-25H2,1-14H3,(H,64,65)(H,53,54,57)/t35-,36-,39-,40-,41-,42-,46?,48-,49-,78?/m1/s1. The molecule has 11 atom stereocenters. The summed E-state index contributed by atoms with van der Waals surface area (Å²) in [6, 6.07) is 10.7. The van der Waals surface area contributed by atoms with Crippen molar-refractivity contribution in [2.24, 2.45) is 7.05 Å². The van der Waals surface area contributed by atoms with Crippen LogP contribution in [0.2, 0.25) is 40.3 Å². The number of anilines is 1. The lowest BCUT2D eigenvalue weighted by molar-refractivity contribution is -0.0628. The van der Waals surface area contributed by atoms with E-state index in [-0.39, 0.29) is 40.1 Å². The maximum atomic E-state index is 16.1. The number of fused-ring (bicyclic) bond motifs is 2. The van der Waals surface area contributed by atoms with Gasteiger partial charge in [0.15, 0.2) is 55.4 Å². The predicted molar refractivity (Wildman–Crippen MR) is 303 cm³/mol. The van der Waals surface area contributed by atoms with Gasteiger partial charge in [-0.3, -0.25) is 27.5 Å². The van der Waals surface area contributed by atoms with Gasteiger partial charge in [-0.2, -0.15) is 5.26 Å². The van der Waals surface area contributed by atoms with Crippen LogP contribution in [0, 0.1) is 17.1 Å². The monoisotopic (exact) mass is 1230 g/mol. The number of hydrogen-bond acceptors (Lipinski definition) is 21. The van der Waals surface area contributed by atoms with Gasteiger partial charge in [-0.15, -0.1) is 0 Å². The van der Waals surface area contributed by atoms with Crippen LogP contribution in [-0.4, -0.2) is 135 Å². The maximum Gasteiger partial charge on any atom is 0.475 e. The summed E-state index contributed by atoms with van der Waals surface area (Å²) < 4.78 is 108. The van der Waals surface area contributed by atoms with Crippen LogP contribution >= 0.6 is 16.1 Å². The van der Waals surface area contributed by atoms with Gasteiger partial charge in [-0.25, -0.2) is 28.9 Å². The van der Waals surface area contributed by atoms with Crippen LogP contribution in [0.15, 0.2) is 60.3 Å². The smallest absolute Gasteiger partial charge is 0.414 e. The van der Waals surface area contributed by atoms with Crippen LogP contribution in [0.4, 0.5) is 10.2 Å². The van der Waals surface area contributed by atoms with E-state index in [1.807, 2.05) is 101 Å². The zero-order chi connectivity index (χ0) is 59.7.